The third-order valence-electron chi connectivity index (χ3n) is 5.56. The number of carbonyl (C=O) groups is 1. The van der Waals surface area contributed by atoms with Crippen LogP contribution < -0.4 is 10.6 Å². The highest BCUT2D eigenvalue weighted by atomic mass is 35.5. The molecule has 164 valence electrons. The first-order chi connectivity index (χ1) is 13.3. The number of carbonyl (C=O) groups excluding carboxylic acids is 1. The first kappa shape index (κ1) is 24.2. The number of nitrogen functional groups attached to an aromatic ring is 1. The minimum Gasteiger partial charge on any atom is -0.398 e. The number of aryl methyl sites for hydroxylation is 2. The van der Waals surface area contributed by atoms with Gasteiger partial charge < -0.3 is 10.6 Å². The van der Waals surface area contributed by atoms with Crippen LogP contribution in [-0.4, -0.2) is 22.4 Å². The van der Waals surface area contributed by atoms with Gasteiger partial charge in [0, 0.05) is 35.1 Å². The summed E-state index contributed by atoms with van der Waals surface area (Å²) >= 11 is 0. The maximum atomic E-state index is 13.5. The lowest BCUT2D eigenvalue weighted by Crippen LogP contribution is -2.42. The van der Waals surface area contributed by atoms with E-state index in [1.807, 2.05) is 6.07 Å². The number of nitrogens with two attached hydrogens (primary N) is 1. The zero-order chi connectivity index (χ0) is 20.1. The van der Waals surface area contributed by atoms with Gasteiger partial charge >= 0.3 is 6.18 Å². The smallest absolute Gasteiger partial charge is 0.398 e. The average Bonchev–Trinajstić information content (AvgIpc) is 2.65. The van der Waals surface area contributed by atoms with E-state index in [-0.39, 0.29) is 48.5 Å². The molecule has 1 aromatic carbocycles. The Morgan fingerprint density at radius 1 is 1.17 bits per heavy atom. The summed E-state index contributed by atoms with van der Waals surface area (Å²) in [5.74, 6) is -0.561. The lowest BCUT2D eigenvalue weighted by Gasteiger charge is -2.34. The third-order valence-corrected chi connectivity index (χ3v) is 5.56. The Balaban J connectivity index is 0.00000160. The fourth-order valence-corrected chi connectivity index (χ4v) is 4.28. The summed E-state index contributed by atoms with van der Waals surface area (Å²) in [6.45, 7) is 2.01. The molecular formula is C20H23Cl2F3N4O. The van der Waals surface area contributed by atoms with Gasteiger partial charge in [0.05, 0.1) is 0 Å². The van der Waals surface area contributed by atoms with E-state index in [4.69, 9.17) is 5.73 Å². The number of anilines is 2. The molecule has 1 aliphatic carbocycles. The highest BCUT2D eigenvalue weighted by Gasteiger charge is 2.41. The molecule has 0 radical (unpaired) electrons. The quantitative estimate of drug-likeness (QED) is 0.640. The zero-order valence-electron chi connectivity index (χ0n) is 16.3. The predicted octanol–water partition coefficient (Wildman–Crippen LogP) is 4.31. The first-order valence-corrected chi connectivity index (χ1v) is 9.38. The van der Waals surface area contributed by atoms with Crippen molar-refractivity contribution in [3.63, 3.8) is 0 Å². The molecule has 0 bridgehead atoms. The Labute approximate surface area is 185 Å². The van der Waals surface area contributed by atoms with Crippen molar-refractivity contribution in [2.24, 2.45) is 5.92 Å². The summed E-state index contributed by atoms with van der Waals surface area (Å²) in [4.78, 5) is 22.7. The topological polar surface area (TPSA) is 72.1 Å². The molecule has 1 unspecified atom stereocenters. The lowest BCUT2D eigenvalue weighted by molar-refractivity contribution is -0.142. The predicted molar refractivity (Wildman–Crippen MR) is 113 cm³/mol. The molecular weight excluding hydrogens is 440 g/mol. The van der Waals surface area contributed by atoms with Gasteiger partial charge in [-0.15, -0.1) is 24.8 Å². The van der Waals surface area contributed by atoms with Crippen LogP contribution in [0, 0.1) is 12.8 Å². The van der Waals surface area contributed by atoms with E-state index in [0.29, 0.717) is 30.8 Å². The molecule has 0 saturated carbocycles. The highest BCUT2D eigenvalue weighted by molar-refractivity contribution is 5.97. The number of aromatic nitrogens is 2. The molecule has 1 aromatic heterocycles. The van der Waals surface area contributed by atoms with Crippen molar-refractivity contribution >= 4 is 42.1 Å². The summed E-state index contributed by atoms with van der Waals surface area (Å²) in [5.41, 5.74) is 7.97. The van der Waals surface area contributed by atoms with Crippen molar-refractivity contribution in [1.82, 2.24) is 9.97 Å². The number of hydrogen-bond donors (Lipinski definition) is 1. The van der Waals surface area contributed by atoms with Gasteiger partial charge in [0.25, 0.3) is 0 Å². The number of nitrogens with zero attached hydrogens (tertiary/aromatic N) is 3. The molecule has 30 heavy (non-hydrogen) atoms. The Morgan fingerprint density at radius 3 is 2.60 bits per heavy atom. The van der Waals surface area contributed by atoms with E-state index in [2.05, 4.69) is 9.97 Å². The van der Waals surface area contributed by atoms with Crippen molar-refractivity contribution < 1.29 is 18.0 Å². The minimum absolute atomic E-state index is 0. The molecule has 2 aromatic rings. The van der Waals surface area contributed by atoms with Crippen LogP contribution in [0.2, 0.25) is 0 Å². The lowest BCUT2D eigenvalue weighted by atomic mass is 9.84. The van der Waals surface area contributed by atoms with E-state index in [0.717, 1.165) is 24.1 Å². The number of fused-ring (bicyclic) bond motifs is 2. The van der Waals surface area contributed by atoms with Gasteiger partial charge in [0.2, 0.25) is 5.91 Å². The second-order valence-electron chi connectivity index (χ2n) is 7.42. The van der Waals surface area contributed by atoms with Crippen LogP contribution in [0.15, 0.2) is 18.2 Å². The van der Waals surface area contributed by atoms with Crippen molar-refractivity contribution in [2.75, 3.05) is 17.2 Å². The molecule has 2 heterocycles. The van der Waals surface area contributed by atoms with Gasteiger partial charge in [-0.1, -0.05) is 6.07 Å². The third kappa shape index (κ3) is 4.34. The Hall–Kier alpha value is -2.06. The molecule has 2 N–H and O–H groups in total. The number of alkyl halides is 3. The summed E-state index contributed by atoms with van der Waals surface area (Å²) < 4.78 is 40.4. The highest BCUT2D eigenvalue weighted by Crippen LogP contribution is 2.38. The average molecular weight is 463 g/mol. The molecule has 2 aliphatic rings. The number of rotatable bonds is 1. The standard InChI is InChI=1S/C20H21F3N4O.2ClH/c1-11-25-16-8-7-12(10-14(16)18(26-11)20(21,22)23)19(28)27-9-3-4-13-15(24)5-2-6-17(13)27;;/h2,5-6,12H,3-4,7-10,24H2,1H3;2*1H. The van der Waals surface area contributed by atoms with Crippen LogP contribution in [-0.2, 0) is 30.2 Å². The van der Waals surface area contributed by atoms with Crippen LogP contribution >= 0.6 is 24.8 Å². The minimum atomic E-state index is -4.56. The summed E-state index contributed by atoms with van der Waals surface area (Å²) in [6.07, 6.45) is -2.15. The van der Waals surface area contributed by atoms with Gasteiger partial charge in [-0.25, -0.2) is 9.97 Å². The van der Waals surface area contributed by atoms with E-state index in [1.165, 1.54) is 6.92 Å². The van der Waals surface area contributed by atoms with Crippen LogP contribution in [0.4, 0.5) is 24.5 Å². The molecule has 0 spiro atoms. The van der Waals surface area contributed by atoms with Crippen molar-refractivity contribution in [2.45, 2.75) is 45.2 Å². The van der Waals surface area contributed by atoms with Gasteiger partial charge in [-0.2, -0.15) is 13.2 Å². The largest absolute Gasteiger partial charge is 0.433 e. The van der Waals surface area contributed by atoms with Crippen molar-refractivity contribution in [3.8, 4) is 0 Å². The normalized spacial score (nSPS) is 17.9. The fraction of sp³-hybridized carbons (Fsp3) is 0.450. The van der Waals surface area contributed by atoms with Gasteiger partial charge in [0.1, 0.15) is 5.82 Å². The molecule has 4 rings (SSSR count). The first-order valence-electron chi connectivity index (χ1n) is 9.38. The molecule has 10 heteroatoms. The summed E-state index contributed by atoms with van der Waals surface area (Å²) in [7, 11) is 0. The molecule has 1 atom stereocenters. The zero-order valence-corrected chi connectivity index (χ0v) is 18.0. The van der Waals surface area contributed by atoms with Crippen LogP contribution in [0.25, 0.3) is 0 Å². The van der Waals surface area contributed by atoms with E-state index < -0.39 is 17.8 Å². The van der Waals surface area contributed by atoms with Crippen molar-refractivity contribution in [1.29, 1.82) is 0 Å². The van der Waals surface area contributed by atoms with Crippen molar-refractivity contribution in [3.05, 3.63) is 46.5 Å². The molecule has 1 amide bonds. The van der Waals surface area contributed by atoms with E-state index >= 15 is 0 Å². The summed E-state index contributed by atoms with van der Waals surface area (Å²) in [5, 5.41) is 0. The van der Waals surface area contributed by atoms with Crippen LogP contribution in [0.3, 0.4) is 0 Å². The van der Waals surface area contributed by atoms with E-state index in [1.54, 1.807) is 17.0 Å². The Bertz CT molecular complexity index is 952. The Morgan fingerprint density at radius 2 is 1.90 bits per heavy atom. The maximum absolute atomic E-state index is 13.5. The second-order valence-corrected chi connectivity index (χ2v) is 7.42. The summed E-state index contributed by atoms with van der Waals surface area (Å²) in [6, 6.07) is 5.46. The maximum Gasteiger partial charge on any atom is 0.433 e. The van der Waals surface area contributed by atoms with Crippen LogP contribution in [0.1, 0.15) is 41.2 Å². The monoisotopic (exact) mass is 462 g/mol. The number of amides is 1. The SMILES string of the molecule is Cc1nc2c(c(C(F)(F)F)n1)CC(C(=O)N1CCCc3c(N)cccc31)CC2.Cl.Cl. The molecule has 0 saturated heterocycles. The van der Waals surface area contributed by atoms with E-state index in [9.17, 15) is 18.0 Å². The molecule has 1 aliphatic heterocycles. The number of halogens is 5. The Kier molecular flexibility index (Phi) is 7.24. The second kappa shape index (κ2) is 8.98. The van der Waals surface area contributed by atoms with Crippen LogP contribution in [0.5, 0.6) is 0 Å². The van der Waals surface area contributed by atoms with Gasteiger partial charge in [0.15, 0.2) is 5.69 Å². The molecule has 0 fully saturated rings. The number of hydrogen-bond acceptors (Lipinski definition) is 4. The van der Waals surface area contributed by atoms with Gasteiger partial charge in [-0.05, 0) is 56.7 Å². The van der Waals surface area contributed by atoms with Gasteiger partial charge in [-0.3, -0.25) is 4.79 Å². The number of benzene rings is 1. The molecule has 5 nitrogen and oxygen atoms in total. The fourth-order valence-electron chi connectivity index (χ4n) is 4.28.